The molecule has 2 aromatic rings. The Labute approximate surface area is 79.8 Å². The molecule has 0 aliphatic rings. The van der Waals surface area contributed by atoms with Crippen LogP contribution < -0.4 is 5.06 Å². The van der Waals surface area contributed by atoms with E-state index in [4.69, 9.17) is 12.2 Å². The lowest BCUT2D eigenvalue weighted by atomic mass is 10.3. The molecule has 5 heteroatoms. The van der Waals surface area contributed by atoms with Gasteiger partial charge in [-0.05, 0) is 37.5 Å². The number of fused-ring (bicyclic) bond motifs is 1. The molecule has 0 saturated heterocycles. The van der Waals surface area contributed by atoms with E-state index in [9.17, 15) is 5.21 Å². The van der Waals surface area contributed by atoms with E-state index in [1.165, 1.54) is 7.05 Å². The zero-order valence-corrected chi connectivity index (χ0v) is 7.81. The molecule has 0 spiro atoms. The van der Waals surface area contributed by atoms with Gasteiger partial charge in [0.25, 0.3) is 0 Å². The van der Waals surface area contributed by atoms with Gasteiger partial charge in [-0.1, -0.05) is 0 Å². The van der Waals surface area contributed by atoms with Crippen LogP contribution in [0.5, 0.6) is 0 Å². The van der Waals surface area contributed by atoms with Crippen LogP contribution in [0, 0.1) is 9.98 Å². The van der Waals surface area contributed by atoms with Crippen molar-refractivity contribution in [1.29, 1.82) is 0 Å². The van der Waals surface area contributed by atoms with E-state index in [0.717, 1.165) is 16.1 Å². The molecule has 0 aliphatic carbocycles. The highest BCUT2D eigenvalue weighted by Gasteiger charge is 1.97. The number of benzene rings is 1. The summed E-state index contributed by atoms with van der Waals surface area (Å²) in [7, 11) is 1.46. The van der Waals surface area contributed by atoms with Crippen molar-refractivity contribution in [2.45, 2.75) is 0 Å². The Morgan fingerprint density at radius 2 is 2.00 bits per heavy atom. The fraction of sp³-hybridized carbons (Fsp3) is 0.125. The maximum absolute atomic E-state index is 11.0. The van der Waals surface area contributed by atoms with Crippen LogP contribution >= 0.6 is 12.2 Å². The van der Waals surface area contributed by atoms with Gasteiger partial charge in [-0.2, -0.15) is 0 Å². The SMILES string of the molecule is CN([O-])c1ccc2[nH]c(=S)[nH]c2c1. The highest BCUT2D eigenvalue weighted by atomic mass is 32.1. The van der Waals surface area contributed by atoms with Crippen LogP contribution in [0.25, 0.3) is 11.0 Å². The van der Waals surface area contributed by atoms with E-state index in [-0.39, 0.29) is 0 Å². The molecule has 0 bridgehead atoms. The topological polar surface area (TPSA) is 57.9 Å². The average Bonchev–Trinajstić information content (AvgIpc) is 2.42. The van der Waals surface area contributed by atoms with Gasteiger partial charge in [0.2, 0.25) is 0 Å². The number of anilines is 1. The van der Waals surface area contributed by atoms with Crippen LogP contribution in [0.2, 0.25) is 0 Å². The van der Waals surface area contributed by atoms with E-state index in [0.29, 0.717) is 10.5 Å². The number of rotatable bonds is 1. The van der Waals surface area contributed by atoms with Crippen molar-refractivity contribution in [2.75, 3.05) is 12.1 Å². The first kappa shape index (κ1) is 8.28. The third kappa shape index (κ3) is 1.43. The smallest absolute Gasteiger partial charge is 0.175 e. The second-order valence-corrected chi connectivity index (χ2v) is 3.21. The highest BCUT2D eigenvalue weighted by Crippen LogP contribution is 2.18. The summed E-state index contributed by atoms with van der Waals surface area (Å²) in [6, 6.07) is 5.33. The minimum absolute atomic E-state index is 0.570. The molecular weight excluding hydrogens is 186 g/mol. The lowest BCUT2D eigenvalue weighted by molar-refractivity contribution is 1.22. The molecule has 1 aromatic heterocycles. The number of aromatic amines is 2. The Hall–Kier alpha value is -1.33. The van der Waals surface area contributed by atoms with Gasteiger partial charge < -0.3 is 20.2 Å². The van der Waals surface area contributed by atoms with Gasteiger partial charge in [-0.3, -0.25) is 0 Å². The predicted octanol–water partition coefficient (Wildman–Crippen LogP) is 2.16. The molecule has 0 amide bonds. The number of H-pyrrole nitrogens is 2. The van der Waals surface area contributed by atoms with Crippen LogP contribution in [0.1, 0.15) is 0 Å². The standard InChI is InChI=1S/C8H8N3OS/c1-11(12)5-2-3-6-7(4-5)10-8(13)9-6/h2-4H,1H3,(H2,9,10,13)/q-1. The lowest BCUT2D eigenvalue weighted by Crippen LogP contribution is -2.05. The number of nitrogens with one attached hydrogen (secondary N) is 2. The van der Waals surface area contributed by atoms with Gasteiger partial charge in [0.1, 0.15) is 0 Å². The Bertz CT molecular complexity index is 485. The zero-order valence-electron chi connectivity index (χ0n) is 7.00. The monoisotopic (exact) mass is 194 g/mol. The third-order valence-corrected chi connectivity index (χ3v) is 2.07. The molecule has 0 radical (unpaired) electrons. The summed E-state index contributed by atoms with van der Waals surface area (Å²) in [5, 5.41) is 11.8. The first-order chi connectivity index (χ1) is 6.16. The van der Waals surface area contributed by atoms with Crippen molar-refractivity contribution in [3.63, 3.8) is 0 Å². The first-order valence-electron chi connectivity index (χ1n) is 3.80. The second-order valence-electron chi connectivity index (χ2n) is 2.81. The van der Waals surface area contributed by atoms with Gasteiger partial charge in [0.15, 0.2) is 4.77 Å². The minimum Gasteiger partial charge on any atom is -0.758 e. The number of nitrogens with zero attached hydrogens (tertiary/aromatic N) is 1. The molecule has 0 fully saturated rings. The molecule has 2 rings (SSSR count). The van der Waals surface area contributed by atoms with Crippen LogP contribution in [-0.2, 0) is 0 Å². The van der Waals surface area contributed by atoms with E-state index < -0.39 is 0 Å². The van der Waals surface area contributed by atoms with Crippen molar-refractivity contribution >= 4 is 28.9 Å². The maximum Gasteiger partial charge on any atom is 0.175 e. The van der Waals surface area contributed by atoms with Crippen LogP contribution in [-0.4, -0.2) is 17.0 Å². The van der Waals surface area contributed by atoms with Gasteiger partial charge in [0, 0.05) is 5.69 Å². The Morgan fingerprint density at radius 1 is 1.31 bits per heavy atom. The summed E-state index contributed by atoms with van der Waals surface area (Å²) in [6.07, 6.45) is 0. The van der Waals surface area contributed by atoms with Gasteiger partial charge in [-0.25, -0.2) is 0 Å². The lowest BCUT2D eigenvalue weighted by Gasteiger charge is -2.24. The van der Waals surface area contributed by atoms with E-state index >= 15 is 0 Å². The highest BCUT2D eigenvalue weighted by molar-refractivity contribution is 7.71. The second kappa shape index (κ2) is 2.86. The molecule has 1 heterocycles. The van der Waals surface area contributed by atoms with Crippen LogP contribution in [0.15, 0.2) is 18.2 Å². The van der Waals surface area contributed by atoms with Crippen LogP contribution in [0.3, 0.4) is 0 Å². The predicted molar refractivity (Wildman–Crippen MR) is 55.3 cm³/mol. The number of hydrogen-bond acceptors (Lipinski definition) is 3. The summed E-state index contributed by atoms with van der Waals surface area (Å²) in [5.41, 5.74) is 2.37. The molecule has 0 aliphatic heterocycles. The Morgan fingerprint density at radius 3 is 2.69 bits per heavy atom. The summed E-state index contributed by atoms with van der Waals surface area (Å²) >= 11 is 4.92. The molecular formula is C8H8N3OS-. The molecule has 1 aromatic carbocycles. The van der Waals surface area contributed by atoms with Crippen molar-refractivity contribution in [3.05, 3.63) is 28.2 Å². The number of hydroxylamine groups is 1. The first-order valence-corrected chi connectivity index (χ1v) is 4.20. The number of hydrogen-bond donors (Lipinski definition) is 2. The molecule has 2 N–H and O–H groups in total. The van der Waals surface area contributed by atoms with E-state index in [1.54, 1.807) is 12.1 Å². The van der Waals surface area contributed by atoms with Gasteiger partial charge >= 0.3 is 0 Å². The Balaban J connectivity index is 2.68. The minimum atomic E-state index is 0.570. The number of imidazole rings is 1. The number of aromatic nitrogens is 2. The molecule has 0 atom stereocenters. The van der Waals surface area contributed by atoms with E-state index in [1.807, 2.05) is 6.07 Å². The van der Waals surface area contributed by atoms with Crippen molar-refractivity contribution in [2.24, 2.45) is 0 Å². The summed E-state index contributed by atoms with van der Waals surface area (Å²) in [4.78, 5) is 5.91. The van der Waals surface area contributed by atoms with Gasteiger partial charge in [0.05, 0.1) is 11.0 Å². The van der Waals surface area contributed by atoms with Crippen molar-refractivity contribution in [3.8, 4) is 0 Å². The van der Waals surface area contributed by atoms with Crippen LogP contribution in [0.4, 0.5) is 5.69 Å². The van der Waals surface area contributed by atoms with Gasteiger partial charge in [-0.15, -0.1) is 0 Å². The molecule has 0 unspecified atom stereocenters. The fourth-order valence-corrected chi connectivity index (χ4v) is 1.44. The largest absolute Gasteiger partial charge is 0.758 e. The summed E-state index contributed by atoms with van der Waals surface area (Å²) in [6.45, 7) is 0. The third-order valence-electron chi connectivity index (χ3n) is 1.86. The molecule has 13 heavy (non-hydrogen) atoms. The quantitative estimate of drug-likeness (QED) is 0.540. The molecule has 4 nitrogen and oxygen atoms in total. The molecule has 0 saturated carbocycles. The normalized spacial score (nSPS) is 10.6. The van der Waals surface area contributed by atoms with E-state index in [2.05, 4.69) is 9.97 Å². The maximum atomic E-state index is 11.0. The fourth-order valence-electron chi connectivity index (χ4n) is 1.22. The van der Waals surface area contributed by atoms with Crippen molar-refractivity contribution in [1.82, 2.24) is 9.97 Å². The Kier molecular flexibility index (Phi) is 1.82. The molecule has 68 valence electrons. The summed E-state index contributed by atoms with van der Waals surface area (Å²) < 4.78 is 0.570. The summed E-state index contributed by atoms with van der Waals surface area (Å²) in [5.74, 6) is 0. The average molecular weight is 194 g/mol. The zero-order chi connectivity index (χ0) is 9.42. The van der Waals surface area contributed by atoms with Crippen molar-refractivity contribution < 1.29 is 0 Å².